The van der Waals surface area contributed by atoms with Crippen LogP contribution in [0.4, 0.5) is 5.82 Å². The topological polar surface area (TPSA) is 96.2 Å². The Balaban J connectivity index is 1.76. The van der Waals surface area contributed by atoms with Crippen molar-refractivity contribution < 1.29 is 4.79 Å². The first-order chi connectivity index (χ1) is 8.79. The summed E-state index contributed by atoms with van der Waals surface area (Å²) >= 11 is 0. The summed E-state index contributed by atoms with van der Waals surface area (Å²) in [5.41, 5.74) is 2.66. The molecule has 0 bridgehead atoms. The van der Waals surface area contributed by atoms with Crippen LogP contribution in [0.1, 0.15) is 23.3 Å². The Morgan fingerprint density at radius 2 is 2.11 bits per heavy atom. The molecule has 0 spiro atoms. The largest absolute Gasteiger partial charge is 0.349 e. The Kier molecular flexibility index (Phi) is 4.43. The number of hydrogen-bond donors (Lipinski definition) is 3. The number of carbonyl (C=O) groups excluding carboxylic acids is 1. The molecule has 1 aromatic heterocycles. The van der Waals surface area contributed by atoms with Gasteiger partial charge in [0.25, 0.3) is 5.91 Å². The Hall–Kier alpha value is -1.73. The van der Waals surface area contributed by atoms with E-state index in [1.54, 1.807) is 12.1 Å². The van der Waals surface area contributed by atoms with Crippen LogP contribution in [0.5, 0.6) is 0 Å². The van der Waals surface area contributed by atoms with Crippen LogP contribution in [0.3, 0.4) is 0 Å². The van der Waals surface area contributed by atoms with Crippen molar-refractivity contribution in [1.82, 2.24) is 20.4 Å². The second kappa shape index (κ2) is 6.27. The molecule has 1 aliphatic heterocycles. The van der Waals surface area contributed by atoms with E-state index in [0.717, 1.165) is 19.6 Å². The zero-order valence-electron chi connectivity index (χ0n) is 10.2. The standard InChI is InChI=1S/C11H18N6O/c12-14-10-4-3-9(15-16-10)11(18)13-5-8-17-6-1-2-7-17/h3-4H,1-2,5-8,12H2,(H,13,18)(H,14,16). The van der Waals surface area contributed by atoms with Crippen molar-refractivity contribution in [3.63, 3.8) is 0 Å². The van der Waals surface area contributed by atoms with E-state index in [2.05, 4.69) is 25.8 Å². The molecule has 18 heavy (non-hydrogen) atoms. The number of carbonyl (C=O) groups is 1. The number of nitrogens with one attached hydrogen (secondary N) is 2. The highest BCUT2D eigenvalue weighted by Gasteiger charge is 2.12. The first-order valence-electron chi connectivity index (χ1n) is 6.10. The molecule has 0 aliphatic carbocycles. The molecule has 1 fully saturated rings. The number of hydrazine groups is 1. The van der Waals surface area contributed by atoms with Gasteiger partial charge in [0, 0.05) is 13.1 Å². The highest BCUT2D eigenvalue weighted by molar-refractivity contribution is 5.92. The molecule has 98 valence electrons. The number of nitrogens with two attached hydrogens (primary N) is 1. The van der Waals surface area contributed by atoms with Gasteiger partial charge in [0.1, 0.15) is 0 Å². The number of aromatic nitrogens is 2. The fourth-order valence-corrected chi connectivity index (χ4v) is 1.95. The van der Waals surface area contributed by atoms with E-state index in [4.69, 9.17) is 5.84 Å². The third kappa shape index (κ3) is 3.38. The van der Waals surface area contributed by atoms with Crippen molar-refractivity contribution in [2.75, 3.05) is 31.6 Å². The number of nitrogen functional groups attached to an aromatic ring is 1. The van der Waals surface area contributed by atoms with E-state index in [9.17, 15) is 4.79 Å². The normalized spacial score (nSPS) is 15.6. The highest BCUT2D eigenvalue weighted by Crippen LogP contribution is 2.05. The van der Waals surface area contributed by atoms with E-state index >= 15 is 0 Å². The van der Waals surface area contributed by atoms with Crippen LogP contribution < -0.4 is 16.6 Å². The lowest BCUT2D eigenvalue weighted by atomic mass is 10.3. The summed E-state index contributed by atoms with van der Waals surface area (Å²) in [4.78, 5) is 14.1. The van der Waals surface area contributed by atoms with E-state index in [1.807, 2.05) is 0 Å². The first-order valence-corrected chi connectivity index (χ1v) is 6.10. The maximum Gasteiger partial charge on any atom is 0.271 e. The van der Waals surface area contributed by atoms with Gasteiger partial charge in [-0.15, -0.1) is 10.2 Å². The fourth-order valence-electron chi connectivity index (χ4n) is 1.95. The molecule has 2 heterocycles. The summed E-state index contributed by atoms with van der Waals surface area (Å²) in [7, 11) is 0. The molecular formula is C11H18N6O. The molecule has 1 saturated heterocycles. The van der Waals surface area contributed by atoms with Crippen molar-refractivity contribution in [3.8, 4) is 0 Å². The summed E-state index contributed by atoms with van der Waals surface area (Å²) in [5.74, 6) is 5.40. The number of amides is 1. The molecule has 0 aromatic carbocycles. The molecule has 4 N–H and O–H groups in total. The summed E-state index contributed by atoms with van der Waals surface area (Å²) in [6.45, 7) is 3.79. The number of hydrogen-bond acceptors (Lipinski definition) is 6. The van der Waals surface area contributed by atoms with Gasteiger partial charge in [0.2, 0.25) is 0 Å². The van der Waals surface area contributed by atoms with Crippen molar-refractivity contribution in [2.24, 2.45) is 5.84 Å². The van der Waals surface area contributed by atoms with Gasteiger partial charge in [-0.2, -0.15) is 0 Å². The second-order valence-corrected chi connectivity index (χ2v) is 4.25. The molecule has 0 saturated carbocycles. The van der Waals surface area contributed by atoms with Gasteiger partial charge >= 0.3 is 0 Å². The quantitative estimate of drug-likeness (QED) is 0.485. The summed E-state index contributed by atoms with van der Waals surface area (Å²) < 4.78 is 0. The molecule has 7 nitrogen and oxygen atoms in total. The fraction of sp³-hybridized carbons (Fsp3) is 0.545. The summed E-state index contributed by atoms with van der Waals surface area (Å²) in [6.07, 6.45) is 2.51. The molecule has 7 heteroatoms. The van der Waals surface area contributed by atoms with Crippen LogP contribution in [0.25, 0.3) is 0 Å². The van der Waals surface area contributed by atoms with Crippen LogP contribution in [-0.4, -0.2) is 47.2 Å². The Bertz CT molecular complexity index is 387. The number of nitrogens with zero attached hydrogens (tertiary/aromatic N) is 3. The smallest absolute Gasteiger partial charge is 0.271 e. The average molecular weight is 250 g/mol. The number of anilines is 1. The number of likely N-dealkylation sites (tertiary alicyclic amines) is 1. The van der Waals surface area contributed by atoms with Crippen molar-refractivity contribution >= 4 is 11.7 Å². The van der Waals surface area contributed by atoms with Gasteiger partial charge in [-0.05, 0) is 38.1 Å². The maximum atomic E-state index is 11.7. The molecular weight excluding hydrogens is 232 g/mol. The van der Waals surface area contributed by atoms with Crippen LogP contribution in [-0.2, 0) is 0 Å². The predicted molar refractivity (Wildman–Crippen MR) is 67.8 cm³/mol. The Morgan fingerprint density at radius 3 is 2.72 bits per heavy atom. The Morgan fingerprint density at radius 1 is 1.33 bits per heavy atom. The second-order valence-electron chi connectivity index (χ2n) is 4.25. The van der Waals surface area contributed by atoms with Crippen molar-refractivity contribution in [3.05, 3.63) is 17.8 Å². The van der Waals surface area contributed by atoms with Crippen molar-refractivity contribution in [1.29, 1.82) is 0 Å². The van der Waals surface area contributed by atoms with E-state index in [1.165, 1.54) is 12.8 Å². The highest BCUT2D eigenvalue weighted by atomic mass is 16.1. The zero-order valence-corrected chi connectivity index (χ0v) is 10.2. The van der Waals surface area contributed by atoms with Gasteiger partial charge < -0.3 is 15.6 Å². The lowest BCUT2D eigenvalue weighted by Crippen LogP contribution is -2.33. The molecule has 0 unspecified atom stereocenters. The van der Waals surface area contributed by atoms with Gasteiger partial charge in [-0.25, -0.2) is 5.84 Å². The van der Waals surface area contributed by atoms with Crippen LogP contribution in [0, 0.1) is 0 Å². The van der Waals surface area contributed by atoms with Crippen LogP contribution in [0.15, 0.2) is 12.1 Å². The molecule has 1 amide bonds. The maximum absolute atomic E-state index is 11.7. The number of rotatable bonds is 5. The molecule has 0 radical (unpaired) electrons. The lowest BCUT2D eigenvalue weighted by Gasteiger charge is -2.14. The van der Waals surface area contributed by atoms with Crippen molar-refractivity contribution in [2.45, 2.75) is 12.8 Å². The van der Waals surface area contributed by atoms with E-state index < -0.39 is 0 Å². The minimum Gasteiger partial charge on any atom is -0.349 e. The third-order valence-electron chi connectivity index (χ3n) is 2.96. The zero-order chi connectivity index (χ0) is 12.8. The van der Waals surface area contributed by atoms with Crippen LogP contribution >= 0.6 is 0 Å². The van der Waals surface area contributed by atoms with Gasteiger partial charge in [-0.3, -0.25) is 4.79 Å². The predicted octanol–water partition coefficient (Wildman–Crippen LogP) is -0.412. The van der Waals surface area contributed by atoms with E-state index in [0.29, 0.717) is 18.1 Å². The molecule has 0 atom stereocenters. The van der Waals surface area contributed by atoms with Gasteiger partial charge in [0.05, 0.1) is 0 Å². The first kappa shape index (κ1) is 12.7. The lowest BCUT2D eigenvalue weighted by molar-refractivity contribution is 0.0944. The van der Waals surface area contributed by atoms with Gasteiger partial charge in [0.15, 0.2) is 11.5 Å². The minimum absolute atomic E-state index is 0.203. The average Bonchev–Trinajstić information content (AvgIpc) is 2.92. The molecule has 1 aromatic rings. The van der Waals surface area contributed by atoms with Crippen LogP contribution in [0.2, 0.25) is 0 Å². The minimum atomic E-state index is -0.203. The SMILES string of the molecule is NNc1ccc(C(=O)NCCN2CCCC2)nn1. The summed E-state index contributed by atoms with van der Waals surface area (Å²) in [5, 5.41) is 10.4. The van der Waals surface area contributed by atoms with Gasteiger partial charge in [-0.1, -0.05) is 0 Å². The third-order valence-corrected chi connectivity index (χ3v) is 2.96. The summed E-state index contributed by atoms with van der Waals surface area (Å²) in [6, 6.07) is 3.20. The molecule has 1 aliphatic rings. The molecule has 2 rings (SSSR count). The monoisotopic (exact) mass is 250 g/mol. The Labute approximate surface area is 106 Å². The van der Waals surface area contributed by atoms with E-state index in [-0.39, 0.29) is 5.91 Å².